The molecule has 21 heavy (non-hydrogen) atoms. The Morgan fingerprint density at radius 2 is 2.29 bits per heavy atom. The molecule has 2 rings (SSSR count). The van der Waals surface area contributed by atoms with Gasteiger partial charge >= 0.3 is 6.03 Å². The Hall–Kier alpha value is -1.14. The molecule has 5 nitrogen and oxygen atoms in total. The number of carbonyl (C=O) groups excluding carboxylic acids is 1. The smallest absolute Gasteiger partial charge is 0.315 e. The van der Waals surface area contributed by atoms with Crippen LogP contribution in [0.4, 0.5) is 4.79 Å². The third-order valence-corrected chi connectivity index (χ3v) is 5.52. The summed E-state index contributed by atoms with van der Waals surface area (Å²) in [5, 5.41) is 16.5. The van der Waals surface area contributed by atoms with Crippen LogP contribution in [-0.2, 0) is 6.42 Å². The molecule has 1 heterocycles. The lowest BCUT2D eigenvalue weighted by Gasteiger charge is -2.30. The standard InChI is InChI=1S/C15H25N3O2S/c1-10-12(21-11(2)17-10)6-8-16-14(20)18-13-5-4-7-15(13,3)9-19/h13,19H,4-9H2,1-3H3,(H2,16,18,20). The number of urea groups is 1. The molecular formula is C15H25N3O2S. The summed E-state index contributed by atoms with van der Waals surface area (Å²) < 4.78 is 0. The highest BCUT2D eigenvalue weighted by atomic mass is 32.1. The number of thiazole rings is 1. The van der Waals surface area contributed by atoms with Gasteiger partial charge in [0.1, 0.15) is 0 Å². The van der Waals surface area contributed by atoms with E-state index in [0.717, 1.165) is 36.4 Å². The Kier molecular flexibility index (Phi) is 5.22. The van der Waals surface area contributed by atoms with Crippen LogP contribution in [-0.4, -0.2) is 35.3 Å². The van der Waals surface area contributed by atoms with E-state index >= 15 is 0 Å². The molecule has 0 radical (unpaired) electrons. The molecule has 0 bridgehead atoms. The van der Waals surface area contributed by atoms with Crippen LogP contribution in [0.3, 0.4) is 0 Å². The van der Waals surface area contributed by atoms with Crippen LogP contribution < -0.4 is 10.6 Å². The van der Waals surface area contributed by atoms with Crippen LogP contribution in [0.5, 0.6) is 0 Å². The van der Waals surface area contributed by atoms with Crippen molar-refractivity contribution in [2.24, 2.45) is 5.41 Å². The first kappa shape index (κ1) is 16.2. The molecule has 0 saturated heterocycles. The van der Waals surface area contributed by atoms with E-state index in [1.807, 2.05) is 20.8 Å². The second-order valence-corrected chi connectivity index (χ2v) is 7.44. The Balaban J connectivity index is 1.76. The number of aromatic nitrogens is 1. The van der Waals surface area contributed by atoms with Gasteiger partial charge < -0.3 is 15.7 Å². The van der Waals surface area contributed by atoms with Crippen molar-refractivity contribution in [3.63, 3.8) is 0 Å². The maximum Gasteiger partial charge on any atom is 0.315 e. The van der Waals surface area contributed by atoms with Crippen molar-refractivity contribution in [1.82, 2.24) is 15.6 Å². The van der Waals surface area contributed by atoms with Crippen molar-refractivity contribution < 1.29 is 9.90 Å². The minimum atomic E-state index is -0.178. The predicted molar refractivity (Wildman–Crippen MR) is 84.7 cm³/mol. The SMILES string of the molecule is Cc1nc(C)c(CCNC(=O)NC2CCCC2(C)CO)s1. The predicted octanol–water partition coefficient (Wildman–Crippen LogP) is 2.15. The van der Waals surface area contributed by atoms with Crippen molar-refractivity contribution >= 4 is 17.4 Å². The Bertz CT molecular complexity index is 503. The molecule has 0 aromatic carbocycles. The van der Waals surface area contributed by atoms with E-state index in [2.05, 4.69) is 15.6 Å². The van der Waals surface area contributed by atoms with Crippen molar-refractivity contribution in [2.45, 2.75) is 52.5 Å². The largest absolute Gasteiger partial charge is 0.396 e. The molecule has 1 fully saturated rings. The molecule has 3 N–H and O–H groups in total. The van der Waals surface area contributed by atoms with Gasteiger partial charge in [-0.25, -0.2) is 9.78 Å². The molecule has 1 aliphatic carbocycles. The summed E-state index contributed by atoms with van der Waals surface area (Å²) >= 11 is 1.69. The van der Waals surface area contributed by atoms with Gasteiger partial charge in [0.2, 0.25) is 0 Å². The molecule has 1 aromatic rings. The van der Waals surface area contributed by atoms with Gasteiger partial charge in [0, 0.05) is 29.3 Å². The summed E-state index contributed by atoms with van der Waals surface area (Å²) in [6.07, 6.45) is 3.78. The zero-order chi connectivity index (χ0) is 15.5. The topological polar surface area (TPSA) is 74.2 Å². The second kappa shape index (κ2) is 6.75. The fraction of sp³-hybridized carbons (Fsp3) is 0.733. The number of nitrogens with zero attached hydrogens (tertiary/aromatic N) is 1. The van der Waals surface area contributed by atoms with Crippen LogP contribution in [0.25, 0.3) is 0 Å². The van der Waals surface area contributed by atoms with Crippen LogP contribution in [0, 0.1) is 19.3 Å². The molecule has 2 unspecified atom stereocenters. The van der Waals surface area contributed by atoms with E-state index in [9.17, 15) is 9.90 Å². The van der Waals surface area contributed by atoms with Crippen LogP contribution >= 0.6 is 11.3 Å². The van der Waals surface area contributed by atoms with E-state index in [4.69, 9.17) is 0 Å². The van der Waals surface area contributed by atoms with E-state index in [0.29, 0.717) is 6.54 Å². The van der Waals surface area contributed by atoms with Gasteiger partial charge in [0.25, 0.3) is 0 Å². The minimum Gasteiger partial charge on any atom is -0.396 e. The Morgan fingerprint density at radius 3 is 2.90 bits per heavy atom. The second-order valence-electron chi connectivity index (χ2n) is 6.15. The monoisotopic (exact) mass is 311 g/mol. The highest BCUT2D eigenvalue weighted by molar-refractivity contribution is 7.11. The molecule has 1 aromatic heterocycles. The lowest BCUT2D eigenvalue weighted by atomic mass is 9.86. The first-order valence-electron chi connectivity index (χ1n) is 7.53. The van der Waals surface area contributed by atoms with Gasteiger partial charge in [-0.2, -0.15) is 0 Å². The summed E-state index contributed by atoms with van der Waals surface area (Å²) in [4.78, 5) is 17.6. The number of hydrogen-bond acceptors (Lipinski definition) is 4. The number of hydrogen-bond donors (Lipinski definition) is 3. The number of nitrogens with one attached hydrogen (secondary N) is 2. The quantitative estimate of drug-likeness (QED) is 0.780. The average Bonchev–Trinajstić information content (AvgIpc) is 2.94. The van der Waals surface area contributed by atoms with Crippen molar-refractivity contribution in [3.8, 4) is 0 Å². The van der Waals surface area contributed by atoms with E-state index in [-0.39, 0.29) is 24.1 Å². The fourth-order valence-corrected chi connectivity index (χ4v) is 3.91. The number of aliphatic hydroxyl groups is 1. The summed E-state index contributed by atoms with van der Waals surface area (Å²) in [7, 11) is 0. The summed E-state index contributed by atoms with van der Waals surface area (Å²) in [5.41, 5.74) is 0.881. The lowest BCUT2D eigenvalue weighted by molar-refractivity contribution is 0.121. The number of amides is 2. The number of aliphatic hydroxyl groups excluding tert-OH is 1. The summed E-state index contributed by atoms with van der Waals surface area (Å²) in [5.74, 6) is 0. The third kappa shape index (κ3) is 3.95. The van der Waals surface area contributed by atoms with Crippen molar-refractivity contribution in [3.05, 3.63) is 15.6 Å². The molecule has 0 spiro atoms. The molecule has 2 amide bonds. The Morgan fingerprint density at radius 1 is 1.52 bits per heavy atom. The van der Waals surface area contributed by atoms with Gasteiger partial charge in [-0.15, -0.1) is 11.3 Å². The van der Waals surface area contributed by atoms with Crippen molar-refractivity contribution in [1.29, 1.82) is 0 Å². The van der Waals surface area contributed by atoms with Crippen LogP contribution in [0.1, 0.15) is 41.8 Å². The van der Waals surface area contributed by atoms with Crippen LogP contribution in [0.2, 0.25) is 0 Å². The molecule has 1 aliphatic rings. The minimum absolute atomic E-state index is 0.0647. The van der Waals surface area contributed by atoms with Crippen molar-refractivity contribution in [2.75, 3.05) is 13.2 Å². The van der Waals surface area contributed by atoms with Gasteiger partial charge in [-0.05, 0) is 26.7 Å². The molecule has 118 valence electrons. The number of aryl methyl sites for hydroxylation is 2. The molecule has 1 saturated carbocycles. The third-order valence-electron chi connectivity index (χ3n) is 4.39. The molecular weight excluding hydrogens is 286 g/mol. The van der Waals surface area contributed by atoms with Gasteiger partial charge in [-0.1, -0.05) is 13.3 Å². The van der Waals surface area contributed by atoms with Gasteiger partial charge in [-0.3, -0.25) is 0 Å². The molecule has 0 aliphatic heterocycles. The molecule has 2 atom stereocenters. The maximum atomic E-state index is 12.0. The average molecular weight is 311 g/mol. The van der Waals surface area contributed by atoms with Gasteiger partial charge in [0.15, 0.2) is 0 Å². The summed E-state index contributed by atoms with van der Waals surface area (Å²) in [6, 6.07) is -0.0737. The number of carbonyl (C=O) groups is 1. The van der Waals surface area contributed by atoms with Gasteiger partial charge in [0.05, 0.1) is 17.3 Å². The number of rotatable bonds is 5. The highest BCUT2D eigenvalue weighted by Gasteiger charge is 2.38. The molecule has 6 heteroatoms. The van der Waals surface area contributed by atoms with E-state index < -0.39 is 0 Å². The Labute approximate surface area is 130 Å². The normalized spacial score (nSPS) is 25.0. The van der Waals surface area contributed by atoms with Crippen LogP contribution in [0.15, 0.2) is 0 Å². The maximum absolute atomic E-state index is 12.0. The first-order valence-corrected chi connectivity index (χ1v) is 8.34. The fourth-order valence-electron chi connectivity index (χ4n) is 2.97. The lowest BCUT2D eigenvalue weighted by Crippen LogP contribution is -2.48. The van der Waals surface area contributed by atoms with E-state index in [1.54, 1.807) is 11.3 Å². The zero-order valence-electron chi connectivity index (χ0n) is 13.0. The first-order chi connectivity index (χ1) is 9.94. The highest BCUT2D eigenvalue weighted by Crippen LogP contribution is 2.37. The summed E-state index contributed by atoms with van der Waals surface area (Å²) in [6.45, 7) is 6.77. The zero-order valence-corrected chi connectivity index (χ0v) is 13.8. The van der Waals surface area contributed by atoms with E-state index in [1.165, 1.54) is 4.88 Å².